The monoisotopic (exact) mass is 277 g/mol. The fourth-order valence-electron chi connectivity index (χ4n) is 1.83. The lowest BCUT2D eigenvalue weighted by Gasteiger charge is -2.17. The summed E-state index contributed by atoms with van der Waals surface area (Å²) in [6.45, 7) is -0.341. The molecular weight excluding hydrogens is 264 g/mol. The predicted molar refractivity (Wildman–Crippen MR) is 70.1 cm³/mol. The minimum Gasteiger partial charge on any atom is -0.394 e. The summed E-state index contributed by atoms with van der Waals surface area (Å²) in [6, 6.07) is 11.5. The zero-order valence-corrected chi connectivity index (χ0v) is 10.5. The van der Waals surface area contributed by atoms with Gasteiger partial charge in [-0.1, -0.05) is 36.4 Å². The molecule has 2 aromatic rings. The van der Waals surface area contributed by atoms with E-state index in [0.29, 0.717) is 5.56 Å². The molecule has 0 radical (unpaired) electrons. The summed E-state index contributed by atoms with van der Waals surface area (Å²) in [5.41, 5.74) is 0.291. The average Bonchev–Trinajstić information content (AvgIpc) is 2.48. The molecule has 104 valence electrons. The molecule has 0 spiro atoms. The van der Waals surface area contributed by atoms with Crippen molar-refractivity contribution in [2.24, 2.45) is 0 Å². The van der Waals surface area contributed by atoms with Crippen LogP contribution in [0.15, 0.2) is 48.5 Å². The molecule has 1 amide bonds. The third-order valence-corrected chi connectivity index (χ3v) is 2.89. The number of hydrogen-bond donors (Lipinski definition) is 2. The summed E-state index contributed by atoms with van der Waals surface area (Å²) >= 11 is 0. The van der Waals surface area contributed by atoms with E-state index in [1.54, 1.807) is 30.3 Å². The zero-order valence-electron chi connectivity index (χ0n) is 10.5. The van der Waals surface area contributed by atoms with Crippen molar-refractivity contribution in [2.75, 3.05) is 6.61 Å². The maximum Gasteiger partial charge on any atom is 0.254 e. The van der Waals surface area contributed by atoms with Crippen molar-refractivity contribution in [3.05, 3.63) is 71.3 Å². The number of halogens is 2. The number of carbonyl (C=O) groups is 1. The quantitative estimate of drug-likeness (QED) is 0.901. The van der Waals surface area contributed by atoms with Crippen LogP contribution >= 0.6 is 0 Å². The highest BCUT2D eigenvalue weighted by Crippen LogP contribution is 2.15. The van der Waals surface area contributed by atoms with Crippen molar-refractivity contribution in [1.29, 1.82) is 0 Å². The molecule has 0 heterocycles. The summed E-state index contributed by atoms with van der Waals surface area (Å²) in [4.78, 5) is 11.9. The fourth-order valence-corrected chi connectivity index (χ4v) is 1.83. The number of amides is 1. The number of aliphatic hydroxyl groups is 1. The molecule has 0 bridgehead atoms. The van der Waals surface area contributed by atoms with Crippen molar-refractivity contribution in [2.45, 2.75) is 6.04 Å². The van der Waals surface area contributed by atoms with Gasteiger partial charge in [0.2, 0.25) is 0 Å². The second kappa shape index (κ2) is 6.25. The lowest BCUT2D eigenvalue weighted by atomic mass is 10.1. The number of carbonyl (C=O) groups excluding carboxylic acids is 1. The van der Waals surface area contributed by atoms with E-state index in [2.05, 4.69) is 5.32 Å². The SMILES string of the molecule is O=C(NC(CO)c1ccccc1)c1cccc(F)c1F. The van der Waals surface area contributed by atoms with Crippen LogP contribution in [0.25, 0.3) is 0 Å². The van der Waals surface area contributed by atoms with Gasteiger partial charge in [-0.25, -0.2) is 8.78 Å². The highest BCUT2D eigenvalue weighted by Gasteiger charge is 2.19. The van der Waals surface area contributed by atoms with Crippen LogP contribution in [0.4, 0.5) is 8.78 Å². The lowest BCUT2D eigenvalue weighted by molar-refractivity contribution is 0.0911. The van der Waals surface area contributed by atoms with Crippen molar-refractivity contribution >= 4 is 5.91 Å². The van der Waals surface area contributed by atoms with Crippen LogP contribution in [0.3, 0.4) is 0 Å². The molecular formula is C15H13F2NO2. The summed E-state index contributed by atoms with van der Waals surface area (Å²) in [6.07, 6.45) is 0. The molecule has 1 unspecified atom stereocenters. The van der Waals surface area contributed by atoms with Crippen molar-refractivity contribution in [3.8, 4) is 0 Å². The van der Waals surface area contributed by atoms with E-state index < -0.39 is 23.6 Å². The molecule has 0 aromatic heterocycles. The third-order valence-electron chi connectivity index (χ3n) is 2.89. The van der Waals surface area contributed by atoms with Crippen LogP contribution in [0.2, 0.25) is 0 Å². The Labute approximate surface area is 114 Å². The minimum absolute atomic E-state index is 0.341. The van der Waals surface area contributed by atoms with Gasteiger partial charge in [-0.3, -0.25) is 4.79 Å². The van der Waals surface area contributed by atoms with Gasteiger partial charge in [-0.2, -0.15) is 0 Å². The maximum absolute atomic E-state index is 13.5. The van der Waals surface area contributed by atoms with Crippen LogP contribution < -0.4 is 5.32 Å². The first-order chi connectivity index (χ1) is 9.63. The Kier molecular flexibility index (Phi) is 4.42. The Bertz CT molecular complexity index is 602. The number of rotatable bonds is 4. The molecule has 0 aliphatic heterocycles. The van der Waals surface area contributed by atoms with Crippen molar-refractivity contribution in [1.82, 2.24) is 5.32 Å². The van der Waals surface area contributed by atoms with Gasteiger partial charge in [-0.05, 0) is 17.7 Å². The van der Waals surface area contributed by atoms with E-state index in [0.717, 1.165) is 6.07 Å². The Morgan fingerprint density at radius 1 is 1.10 bits per heavy atom. The molecule has 0 saturated carbocycles. The third kappa shape index (κ3) is 3.00. The molecule has 2 rings (SSSR count). The smallest absolute Gasteiger partial charge is 0.254 e. The predicted octanol–water partition coefficient (Wildman–Crippen LogP) is 2.43. The largest absolute Gasteiger partial charge is 0.394 e. The first-order valence-electron chi connectivity index (χ1n) is 6.04. The number of aliphatic hydroxyl groups excluding tert-OH is 1. The van der Waals surface area contributed by atoms with Gasteiger partial charge in [0.1, 0.15) is 0 Å². The molecule has 3 nitrogen and oxygen atoms in total. The van der Waals surface area contributed by atoms with Crippen molar-refractivity contribution < 1.29 is 18.7 Å². The number of hydrogen-bond acceptors (Lipinski definition) is 2. The first-order valence-corrected chi connectivity index (χ1v) is 6.04. The standard InChI is InChI=1S/C15H13F2NO2/c16-12-8-4-7-11(14(12)17)15(20)18-13(9-19)10-5-2-1-3-6-10/h1-8,13,19H,9H2,(H,18,20). The van der Waals surface area contributed by atoms with Gasteiger partial charge < -0.3 is 10.4 Å². The van der Waals surface area contributed by atoms with Gasteiger partial charge >= 0.3 is 0 Å². The van der Waals surface area contributed by atoms with Gasteiger partial charge in [-0.15, -0.1) is 0 Å². The summed E-state index contributed by atoms with van der Waals surface area (Å²) in [5.74, 6) is -3.06. The molecule has 0 aliphatic rings. The van der Waals surface area contributed by atoms with Crippen LogP contribution in [-0.4, -0.2) is 17.6 Å². The molecule has 1 atom stereocenters. The van der Waals surface area contributed by atoms with E-state index in [4.69, 9.17) is 0 Å². The first kappa shape index (κ1) is 14.1. The molecule has 20 heavy (non-hydrogen) atoms. The van der Waals surface area contributed by atoms with Gasteiger partial charge in [0, 0.05) is 0 Å². The Hall–Kier alpha value is -2.27. The molecule has 0 fully saturated rings. The number of nitrogens with one attached hydrogen (secondary N) is 1. The molecule has 2 aromatic carbocycles. The molecule has 0 saturated heterocycles. The van der Waals surface area contributed by atoms with Gasteiger partial charge in [0.15, 0.2) is 11.6 Å². The lowest BCUT2D eigenvalue weighted by Crippen LogP contribution is -2.31. The van der Waals surface area contributed by atoms with E-state index in [1.165, 1.54) is 12.1 Å². The Balaban J connectivity index is 2.20. The average molecular weight is 277 g/mol. The van der Waals surface area contributed by atoms with Crippen LogP contribution in [0.1, 0.15) is 22.0 Å². The molecule has 5 heteroatoms. The Morgan fingerprint density at radius 3 is 2.45 bits per heavy atom. The maximum atomic E-state index is 13.5. The number of benzene rings is 2. The van der Waals surface area contributed by atoms with E-state index >= 15 is 0 Å². The zero-order chi connectivity index (χ0) is 14.5. The highest BCUT2D eigenvalue weighted by atomic mass is 19.2. The summed E-state index contributed by atoms with van der Waals surface area (Å²) in [7, 11) is 0. The fraction of sp³-hybridized carbons (Fsp3) is 0.133. The van der Waals surface area contributed by atoms with Gasteiger partial charge in [0.05, 0.1) is 18.2 Å². The van der Waals surface area contributed by atoms with Crippen LogP contribution in [0, 0.1) is 11.6 Å². The minimum atomic E-state index is -1.20. The topological polar surface area (TPSA) is 49.3 Å². The van der Waals surface area contributed by atoms with Gasteiger partial charge in [0.25, 0.3) is 5.91 Å². The highest BCUT2D eigenvalue weighted by molar-refractivity contribution is 5.94. The second-order valence-electron chi connectivity index (χ2n) is 4.22. The Morgan fingerprint density at radius 2 is 1.80 bits per heavy atom. The van der Waals surface area contributed by atoms with Crippen molar-refractivity contribution in [3.63, 3.8) is 0 Å². The summed E-state index contributed by atoms with van der Waals surface area (Å²) < 4.78 is 26.6. The van der Waals surface area contributed by atoms with E-state index in [9.17, 15) is 18.7 Å². The van der Waals surface area contributed by atoms with E-state index in [1.807, 2.05) is 0 Å². The van der Waals surface area contributed by atoms with Crippen LogP contribution in [0.5, 0.6) is 0 Å². The second-order valence-corrected chi connectivity index (χ2v) is 4.22. The van der Waals surface area contributed by atoms with E-state index in [-0.39, 0.29) is 12.2 Å². The van der Waals surface area contributed by atoms with Crippen LogP contribution in [-0.2, 0) is 0 Å². The molecule has 2 N–H and O–H groups in total. The normalized spacial score (nSPS) is 11.9. The molecule has 0 aliphatic carbocycles. The summed E-state index contributed by atoms with van der Waals surface area (Å²) in [5, 5.41) is 11.8.